The van der Waals surface area contributed by atoms with Crippen LogP contribution in [0, 0.1) is 16.7 Å². The number of carbonyl (C=O) groups is 2. The van der Waals surface area contributed by atoms with Gasteiger partial charge in [-0.05, 0) is 35.7 Å². The van der Waals surface area contributed by atoms with Gasteiger partial charge in [0.1, 0.15) is 5.69 Å². The van der Waals surface area contributed by atoms with Gasteiger partial charge in [0.05, 0.1) is 5.01 Å². The predicted molar refractivity (Wildman–Crippen MR) is 129 cm³/mol. The predicted octanol–water partition coefficient (Wildman–Crippen LogP) is 4.85. The van der Waals surface area contributed by atoms with Crippen molar-refractivity contribution in [1.29, 1.82) is 0 Å². The van der Waals surface area contributed by atoms with Gasteiger partial charge >= 0.3 is 0 Å². The molecule has 172 valence electrons. The summed E-state index contributed by atoms with van der Waals surface area (Å²) >= 11 is 1.58. The molecule has 1 aromatic carbocycles. The molecule has 0 N–H and O–H groups in total. The second kappa shape index (κ2) is 8.62. The molecule has 6 heteroatoms. The maximum absolute atomic E-state index is 13.0. The Morgan fingerprint density at radius 3 is 2.31 bits per heavy atom. The van der Waals surface area contributed by atoms with Gasteiger partial charge in [-0.2, -0.15) is 0 Å². The SMILES string of the molecule is CN(CCc1ccccc1)C(=O)c1csc(C2CCN(C(=O)C3C(C)(C)C3(C)C)CC2)n1. The largest absolute Gasteiger partial charge is 0.342 e. The number of hydrogen-bond acceptors (Lipinski definition) is 4. The van der Waals surface area contributed by atoms with E-state index in [1.807, 2.05) is 30.6 Å². The quantitative estimate of drug-likeness (QED) is 0.628. The number of nitrogens with zero attached hydrogens (tertiary/aromatic N) is 3. The third-order valence-electron chi connectivity index (χ3n) is 8.09. The fourth-order valence-electron chi connectivity index (χ4n) is 5.16. The normalized spacial score (nSPS) is 20.2. The number of thiazole rings is 1. The van der Waals surface area contributed by atoms with Crippen LogP contribution in [0.1, 0.15) is 67.5 Å². The van der Waals surface area contributed by atoms with E-state index in [-0.39, 0.29) is 22.7 Å². The van der Waals surface area contributed by atoms with Crippen LogP contribution in [0.15, 0.2) is 35.7 Å². The molecule has 2 aliphatic rings. The number of benzene rings is 1. The van der Waals surface area contributed by atoms with E-state index in [1.165, 1.54) is 5.56 Å². The molecule has 1 aromatic heterocycles. The van der Waals surface area contributed by atoms with Crippen LogP contribution < -0.4 is 0 Å². The van der Waals surface area contributed by atoms with E-state index in [2.05, 4.69) is 44.7 Å². The van der Waals surface area contributed by atoms with Crippen molar-refractivity contribution < 1.29 is 9.59 Å². The highest BCUT2D eigenvalue weighted by Gasteiger charge is 2.68. The lowest BCUT2D eigenvalue weighted by Gasteiger charge is -2.32. The maximum Gasteiger partial charge on any atom is 0.273 e. The highest BCUT2D eigenvalue weighted by molar-refractivity contribution is 7.09. The molecule has 0 atom stereocenters. The molecule has 1 aliphatic carbocycles. The fourth-order valence-corrected chi connectivity index (χ4v) is 6.12. The first-order valence-corrected chi connectivity index (χ1v) is 12.5. The van der Waals surface area contributed by atoms with Crippen LogP contribution in [0.4, 0.5) is 0 Å². The van der Waals surface area contributed by atoms with E-state index in [0.29, 0.717) is 24.1 Å². The van der Waals surface area contributed by atoms with E-state index < -0.39 is 0 Å². The number of carbonyl (C=O) groups excluding carboxylic acids is 2. The Morgan fingerprint density at radius 1 is 1.09 bits per heavy atom. The van der Waals surface area contributed by atoms with Crippen LogP contribution in [0.25, 0.3) is 0 Å². The minimum atomic E-state index is -0.0192. The molecule has 2 fully saturated rings. The maximum atomic E-state index is 13.0. The summed E-state index contributed by atoms with van der Waals surface area (Å²) in [6, 6.07) is 10.2. The molecule has 0 bridgehead atoms. The summed E-state index contributed by atoms with van der Waals surface area (Å²) in [5.74, 6) is 0.755. The third kappa shape index (κ3) is 4.21. The van der Waals surface area contributed by atoms with Gasteiger partial charge in [-0.3, -0.25) is 9.59 Å². The van der Waals surface area contributed by atoms with Crippen LogP contribution in [-0.2, 0) is 11.2 Å². The van der Waals surface area contributed by atoms with Gasteiger partial charge < -0.3 is 9.80 Å². The number of amides is 2. The molecular weight excluding hydrogens is 418 g/mol. The molecule has 2 aromatic rings. The molecule has 1 saturated heterocycles. The highest BCUT2D eigenvalue weighted by Crippen LogP contribution is 2.68. The zero-order valence-corrected chi connectivity index (χ0v) is 20.7. The molecule has 1 aliphatic heterocycles. The topological polar surface area (TPSA) is 53.5 Å². The van der Waals surface area contributed by atoms with Crippen LogP contribution >= 0.6 is 11.3 Å². The summed E-state index contributed by atoms with van der Waals surface area (Å²) < 4.78 is 0. The first kappa shape index (κ1) is 23.0. The fraction of sp³-hybridized carbons (Fsp3) is 0.577. The Morgan fingerprint density at radius 2 is 1.72 bits per heavy atom. The van der Waals surface area contributed by atoms with Crippen molar-refractivity contribution in [1.82, 2.24) is 14.8 Å². The first-order valence-electron chi connectivity index (χ1n) is 11.7. The molecule has 2 heterocycles. The molecule has 1 saturated carbocycles. The third-order valence-corrected chi connectivity index (χ3v) is 9.10. The van der Waals surface area contributed by atoms with Gasteiger partial charge in [0, 0.05) is 43.9 Å². The van der Waals surface area contributed by atoms with Crippen molar-refractivity contribution in [2.75, 3.05) is 26.7 Å². The van der Waals surface area contributed by atoms with Gasteiger partial charge in [-0.1, -0.05) is 58.0 Å². The van der Waals surface area contributed by atoms with Crippen LogP contribution in [0.3, 0.4) is 0 Å². The number of aromatic nitrogens is 1. The Balaban J connectivity index is 1.30. The van der Waals surface area contributed by atoms with Gasteiger partial charge in [0.15, 0.2) is 0 Å². The highest BCUT2D eigenvalue weighted by atomic mass is 32.1. The Labute approximate surface area is 195 Å². The van der Waals surface area contributed by atoms with E-state index in [9.17, 15) is 9.59 Å². The van der Waals surface area contributed by atoms with Gasteiger partial charge in [-0.15, -0.1) is 11.3 Å². The zero-order chi connectivity index (χ0) is 23.1. The number of likely N-dealkylation sites (N-methyl/N-ethyl adjacent to an activating group) is 1. The summed E-state index contributed by atoms with van der Waals surface area (Å²) in [6.45, 7) is 11.0. The van der Waals surface area contributed by atoms with Crippen molar-refractivity contribution in [3.63, 3.8) is 0 Å². The minimum Gasteiger partial charge on any atom is -0.342 e. The van der Waals surface area contributed by atoms with E-state index in [1.54, 1.807) is 16.2 Å². The van der Waals surface area contributed by atoms with Crippen molar-refractivity contribution in [3.8, 4) is 0 Å². The van der Waals surface area contributed by atoms with Crippen molar-refractivity contribution in [3.05, 3.63) is 52.0 Å². The van der Waals surface area contributed by atoms with Crippen LogP contribution in [-0.4, -0.2) is 53.3 Å². The summed E-state index contributed by atoms with van der Waals surface area (Å²) in [4.78, 5) is 34.4. The first-order chi connectivity index (χ1) is 15.1. The van der Waals surface area contributed by atoms with Gasteiger partial charge in [-0.25, -0.2) is 4.98 Å². The molecule has 0 unspecified atom stereocenters. The zero-order valence-electron chi connectivity index (χ0n) is 19.9. The summed E-state index contributed by atoms with van der Waals surface area (Å²) in [5, 5.41) is 2.92. The van der Waals surface area contributed by atoms with Crippen molar-refractivity contribution >= 4 is 23.2 Å². The van der Waals surface area contributed by atoms with Crippen molar-refractivity contribution in [2.24, 2.45) is 16.7 Å². The summed E-state index contributed by atoms with van der Waals surface area (Å²) in [6.07, 6.45) is 2.68. The number of rotatable bonds is 6. The standard InChI is InChI=1S/C26H35N3O2S/c1-25(2)21(26(25,3)4)24(31)29-15-12-19(13-16-29)22-27-20(17-32-22)23(30)28(5)14-11-18-9-7-6-8-10-18/h6-10,17,19,21H,11-16H2,1-5H3. The number of hydrogen-bond donors (Lipinski definition) is 0. The Kier molecular flexibility index (Phi) is 6.19. The summed E-state index contributed by atoms with van der Waals surface area (Å²) in [7, 11) is 1.84. The van der Waals surface area contributed by atoms with E-state index >= 15 is 0 Å². The lowest BCUT2D eigenvalue weighted by Crippen LogP contribution is -2.40. The molecular formula is C26H35N3O2S. The second-order valence-corrected chi connectivity index (χ2v) is 11.4. The molecule has 5 nitrogen and oxygen atoms in total. The monoisotopic (exact) mass is 453 g/mol. The lowest BCUT2D eigenvalue weighted by atomic mass is 9.96. The van der Waals surface area contributed by atoms with Crippen LogP contribution in [0.5, 0.6) is 0 Å². The second-order valence-electron chi connectivity index (χ2n) is 10.5. The van der Waals surface area contributed by atoms with Gasteiger partial charge in [0.2, 0.25) is 5.91 Å². The van der Waals surface area contributed by atoms with Crippen molar-refractivity contribution in [2.45, 2.75) is 52.9 Å². The molecule has 0 radical (unpaired) electrons. The Hall–Kier alpha value is -2.21. The van der Waals surface area contributed by atoms with Gasteiger partial charge in [0.25, 0.3) is 5.91 Å². The molecule has 4 rings (SSSR count). The average molecular weight is 454 g/mol. The van der Waals surface area contributed by atoms with E-state index in [4.69, 9.17) is 4.98 Å². The lowest BCUT2D eigenvalue weighted by molar-refractivity contribution is -0.134. The minimum absolute atomic E-state index is 0.0192. The van der Waals surface area contributed by atoms with Crippen LogP contribution in [0.2, 0.25) is 0 Å². The smallest absolute Gasteiger partial charge is 0.273 e. The molecule has 2 amide bonds. The molecule has 32 heavy (non-hydrogen) atoms. The van der Waals surface area contributed by atoms with E-state index in [0.717, 1.165) is 37.4 Å². The molecule has 0 spiro atoms. The number of likely N-dealkylation sites (tertiary alicyclic amines) is 1. The number of piperidine rings is 1. The Bertz CT molecular complexity index is 960. The summed E-state index contributed by atoms with van der Waals surface area (Å²) in [5.41, 5.74) is 1.93. The average Bonchev–Trinajstić information content (AvgIpc) is 3.10.